The molecule has 1 heterocycles. The molecule has 2 aromatic carbocycles. The van der Waals surface area contributed by atoms with Gasteiger partial charge in [0.25, 0.3) is 5.91 Å². The standard InChI is InChI=1S/C23H26ClFN2O3S/c1-16-5-4-12-26(14-16)31(29,30)22-13-17(8-11-20(22)24)23(28)27(19-9-10-19)15-18-6-2-3-7-21(18)25/h2-3,6-8,11,13,16,19H,4-5,9-10,12,14-15H2,1H3. The highest BCUT2D eigenvalue weighted by Gasteiger charge is 2.35. The van der Waals surface area contributed by atoms with Gasteiger partial charge in [0, 0.05) is 36.8 Å². The number of hydrogen-bond acceptors (Lipinski definition) is 3. The molecule has 0 radical (unpaired) electrons. The number of halogens is 2. The van der Waals surface area contributed by atoms with Crippen LogP contribution in [0.15, 0.2) is 47.4 Å². The van der Waals surface area contributed by atoms with Gasteiger partial charge in [-0.05, 0) is 55.9 Å². The first kappa shape index (κ1) is 22.2. The minimum Gasteiger partial charge on any atom is -0.331 e. The van der Waals surface area contributed by atoms with Gasteiger partial charge in [0.2, 0.25) is 10.0 Å². The Morgan fingerprint density at radius 3 is 2.61 bits per heavy atom. The number of rotatable bonds is 6. The van der Waals surface area contributed by atoms with Crippen LogP contribution in [0.3, 0.4) is 0 Å². The Balaban J connectivity index is 1.63. The molecule has 0 bridgehead atoms. The van der Waals surface area contributed by atoms with Gasteiger partial charge >= 0.3 is 0 Å². The SMILES string of the molecule is CC1CCCN(S(=O)(=O)c2cc(C(=O)N(Cc3ccccc3F)C3CC3)ccc2Cl)C1. The van der Waals surface area contributed by atoms with Crippen molar-refractivity contribution >= 4 is 27.5 Å². The van der Waals surface area contributed by atoms with E-state index in [0.717, 1.165) is 25.7 Å². The molecule has 2 fully saturated rings. The summed E-state index contributed by atoms with van der Waals surface area (Å²) >= 11 is 6.27. The molecule has 0 N–H and O–H groups in total. The quantitative estimate of drug-likeness (QED) is 0.622. The van der Waals surface area contributed by atoms with Crippen LogP contribution in [-0.4, -0.2) is 42.7 Å². The smallest absolute Gasteiger partial charge is 0.254 e. The molecule has 2 aliphatic rings. The fraction of sp³-hybridized carbons (Fsp3) is 0.435. The van der Waals surface area contributed by atoms with E-state index in [-0.39, 0.29) is 45.7 Å². The predicted octanol–water partition coefficient (Wildman–Crippen LogP) is 4.70. The summed E-state index contributed by atoms with van der Waals surface area (Å²) < 4.78 is 42.1. The summed E-state index contributed by atoms with van der Waals surface area (Å²) in [5.41, 5.74) is 0.683. The molecule has 5 nitrogen and oxygen atoms in total. The zero-order chi connectivity index (χ0) is 22.2. The largest absolute Gasteiger partial charge is 0.331 e. The monoisotopic (exact) mass is 464 g/mol. The van der Waals surface area contributed by atoms with E-state index >= 15 is 0 Å². The van der Waals surface area contributed by atoms with Crippen LogP contribution >= 0.6 is 11.6 Å². The molecule has 1 aliphatic carbocycles. The third kappa shape index (κ3) is 4.78. The molecular weight excluding hydrogens is 439 g/mol. The Kier molecular flexibility index (Phi) is 6.37. The molecule has 1 amide bonds. The first-order chi connectivity index (χ1) is 14.8. The van der Waals surface area contributed by atoms with E-state index in [4.69, 9.17) is 11.6 Å². The maximum atomic E-state index is 14.2. The summed E-state index contributed by atoms with van der Waals surface area (Å²) in [4.78, 5) is 14.9. The number of hydrogen-bond donors (Lipinski definition) is 0. The minimum atomic E-state index is -3.81. The number of carbonyl (C=O) groups is 1. The van der Waals surface area contributed by atoms with Gasteiger partial charge in [-0.2, -0.15) is 4.31 Å². The van der Waals surface area contributed by atoms with Crippen molar-refractivity contribution in [3.8, 4) is 0 Å². The number of benzene rings is 2. The Labute approximate surface area is 187 Å². The molecule has 4 rings (SSSR count). The summed E-state index contributed by atoms with van der Waals surface area (Å²) in [6, 6.07) is 10.8. The zero-order valence-corrected chi connectivity index (χ0v) is 19.0. The highest BCUT2D eigenvalue weighted by molar-refractivity contribution is 7.89. The average Bonchev–Trinajstić information content (AvgIpc) is 3.58. The Morgan fingerprint density at radius 2 is 1.94 bits per heavy atom. The molecule has 0 spiro atoms. The fourth-order valence-corrected chi connectivity index (χ4v) is 6.17. The van der Waals surface area contributed by atoms with E-state index in [0.29, 0.717) is 18.7 Å². The van der Waals surface area contributed by atoms with Crippen molar-refractivity contribution in [1.82, 2.24) is 9.21 Å². The highest BCUT2D eigenvalue weighted by Crippen LogP contribution is 2.33. The summed E-state index contributed by atoms with van der Waals surface area (Å²) in [6.45, 7) is 3.06. The molecule has 31 heavy (non-hydrogen) atoms. The number of piperidine rings is 1. The third-order valence-corrected chi connectivity index (χ3v) is 8.31. The summed E-state index contributed by atoms with van der Waals surface area (Å²) in [5, 5.41) is 0.0989. The molecule has 1 saturated carbocycles. The van der Waals surface area contributed by atoms with Crippen LogP contribution in [0.1, 0.15) is 48.5 Å². The van der Waals surface area contributed by atoms with E-state index in [1.54, 1.807) is 29.2 Å². The van der Waals surface area contributed by atoms with Crippen molar-refractivity contribution in [2.45, 2.75) is 50.1 Å². The lowest BCUT2D eigenvalue weighted by atomic mass is 10.0. The predicted molar refractivity (Wildman–Crippen MR) is 118 cm³/mol. The lowest BCUT2D eigenvalue weighted by molar-refractivity contribution is 0.0728. The zero-order valence-electron chi connectivity index (χ0n) is 17.4. The lowest BCUT2D eigenvalue weighted by Crippen LogP contribution is -2.39. The van der Waals surface area contributed by atoms with Crippen molar-refractivity contribution < 1.29 is 17.6 Å². The van der Waals surface area contributed by atoms with E-state index < -0.39 is 10.0 Å². The van der Waals surface area contributed by atoms with Crippen molar-refractivity contribution in [2.24, 2.45) is 5.92 Å². The van der Waals surface area contributed by atoms with Gasteiger partial charge in [-0.15, -0.1) is 0 Å². The summed E-state index contributed by atoms with van der Waals surface area (Å²) in [5.74, 6) is -0.399. The number of carbonyl (C=O) groups excluding carboxylic acids is 1. The van der Waals surface area contributed by atoms with Crippen LogP contribution in [0.25, 0.3) is 0 Å². The fourth-order valence-electron chi connectivity index (χ4n) is 4.07. The molecule has 8 heteroatoms. The highest BCUT2D eigenvalue weighted by atomic mass is 35.5. The number of nitrogens with zero attached hydrogens (tertiary/aromatic N) is 2. The average molecular weight is 465 g/mol. The topological polar surface area (TPSA) is 57.7 Å². The van der Waals surface area contributed by atoms with Gasteiger partial charge in [0.1, 0.15) is 10.7 Å². The van der Waals surface area contributed by atoms with Gasteiger partial charge < -0.3 is 4.90 Å². The minimum absolute atomic E-state index is 0.0331. The summed E-state index contributed by atoms with van der Waals surface area (Å²) in [7, 11) is -3.81. The molecule has 2 aromatic rings. The molecular formula is C23H26ClFN2O3S. The molecule has 166 valence electrons. The maximum Gasteiger partial charge on any atom is 0.254 e. The second kappa shape index (κ2) is 8.88. The normalized spacial score (nSPS) is 19.9. The van der Waals surface area contributed by atoms with Crippen LogP contribution in [-0.2, 0) is 16.6 Å². The Morgan fingerprint density at radius 1 is 1.19 bits per heavy atom. The van der Waals surface area contributed by atoms with E-state index in [1.807, 2.05) is 6.92 Å². The van der Waals surface area contributed by atoms with E-state index in [9.17, 15) is 17.6 Å². The van der Waals surface area contributed by atoms with Crippen LogP contribution < -0.4 is 0 Å². The van der Waals surface area contributed by atoms with Crippen LogP contribution in [0.2, 0.25) is 5.02 Å². The van der Waals surface area contributed by atoms with Crippen molar-refractivity contribution in [3.63, 3.8) is 0 Å². The van der Waals surface area contributed by atoms with Gasteiger partial charge in [-0.25, -0.2) is 12.8 Å². The Bertz CT molecular complexity index is 1090. The van der Waals surface area contributed by atoms with Gasteiger partial charge in [0.05, 0.1) is 5.02 Å². The van der Waals surface area contributed by atoms with E-state index in [1.165, 1.54) is 22.5 Å². The first-order valence-electron chi connectivity index (χ1n) is 10.6. The second-order valence-corrected chi connectivity index (χ2v) is 10.8. The van der Waals surface area contributed by atoms with Gasteiger partial charge in [-0.3, -0.25) is 4.79 Å². The van der Waals surface area contributed by atoms with Gasteiger partial charge in [-0.1, -0.05) is 36.7 Å². The van der Waals surface area contributed by atoms with Crippen LogP contribution in [0.5, 0.6) is 0 Å². The lowest BCUT2D eigenvalue weighted by Gasteiger charge is -2.30. The molecule has 1 atom stereocenters. The first-order valence-corrected chi connectivity index (χ1v) is 12.4. The van der Waals surface area contributed by atoms with Crippen LogP contribution in [0.4, 0.5) is 4.39 Å². The van der Waals surface area contributed by atoms with Crippen LogP contribution in [0, 0.1) is 11.7 Å². The Hall–Kier alpha value is -1.96. The maximum absolute atomic E-state index is 14.2. The van der Waals surface area contributed by atoms with Crippen molar-refractivity contribution in [3.05, 3.63) is 64.4 Å². The van der Waals surface area contributed by atoms with E-state index in [2.05, 4.69) is 0 Å². The van der Waals surface area contributed by atoms with Crippen molar-refractivity contribution in [1.29, 1.82) is 0 Å². The molecule has 1 unspecified atom stereocenters. The number of sulfonamides is 1. The third-order valence-electron chi connectivity index (χ3n) is 5.96. The van der Waals surface area contributed by atoms with Gasteiger partial charge in [0.15, 0.2) is 0 Å². The summed E-state index contributed by atoms with van der Waals surface area (Å²) in [6.07, 6.45) is 3.49. The molecule has 0 aromatic heterocycles. The molecule has 1 aliphatic heterocycles. The molecule has 1 saturated heterocycles. The number of amides is 1. The van der Waals surface area contributed by atoms with Crippen molar-refractivity contribution in [2.75, 3.05) is 13.1 Å². The second-order valence-electron chi connectivity index (χ2n) is 8.51.